The first kappa shape index (κ1) is 47.9. The molecule has 3 aromatic carbocycles. The van der Waals surface area contributed by atoms with Crippen molar-refractivity contribution in [2.75, 3.05) is 81.9 Å². The number of carbonyl (C=O) groups is 3. The fraction of sp³-hybridized carbons (Fsp3) is 0.527. The number of pyridine rings is 1. The number of piperidine rings is 1. The maximum atomic E-state index is 17.2. The molecule has 3 amide bonds. The second-order valence-electron chi connectivity index (χ2n) is 22.4. The number of ether oxygens (including phenoxy) is 1. The van der Waals surface area contributed by atoms with Crippen LogP contribution < -0.4 is 30.5 Å². The Morgan fingerprint density at radius 1 is 0.890 bits per heavy atom. The topological polar surface area (TPSA) is 168 Å². The van der Waals surface area contributed by atoms with E-state index in [9.17, 15) is 19.5 Å². The first-order valence-corrected chi connectivity index (χ1v) is 26.3. The second kappa shape index (κ2) is 18.7. The zero-order valence-corrected chi connectivity index (χ0v) is 41.3. The number of rotatable bonds is 13. The Kier molecular flexibility index (Phi) is 12.2. The standard InChI is InChI=1S/C55H63F3N10O5/c1-2-33-4-3-5-34-22-38(69)24-40(45(33)34)47-46(57)48-41(25-59-47)49(68-26-35-6-7-36(27-68)60-35)64-52(63-48)73-32-54(12-13-54)30-66-28-53(29-66)14-16-55(58,17-15-53)31-65-18-20-67(21-19-65)37-8-9-39(42(56)23-37)50(71)61-43-10-11-44(70)62-51(43)72/h3-5,8-9,22-25,35-36,43,60,69H,2,6-7,10-21,26-32H2,1H3,(H,61,71)(H,62,70,72)/t35?,36?,43-/m0/s1. The van der Waals surface area contributed by atoms with E-state index in [1.165, 1.54) is 12.1 Å². The molecule has 5 saturated heterocycles. The number of aryl methyl sites for hydroxylation is 1. The summed E-state index contributed by atoms with van der Waals surface area (Å²) in [4.78, 5) is 59.8. The lowest BCUT2D eigenvalue weighted by Crippen LogP contribution is -2.61. The second-order valence-corrected chi connectivity index (χ2v) is 22.4. The van der Waals surface area contributed by atoms with Crippen LogP contribution in [0.3, 0.4) is 0 Å². The number of hydrogen-bond acceptors (Lipinski definition) is 13. The van der Waals surface area contributed by atoms with Gasteiger partial charge in [0.1, 0.15) is 40.3 Å². The number of anilines is 2. The Balaban J connectivity index is 0.657. The first-order chi connectivity index (χ1) is 35.2. The molecule has 5 aromatic rings. The van der Waals surface area contributed by atoms with Gasteiger partial charge in [-0.1, -0.05) is 25.1 Å². The third-order valence-electron chi connectivity index (χ3n) is 17.2. The monoisotopic (exact) mass is 1000 g/mol. The quantitative estimate of drug-likeness (QED) is 0.0954. The van der Waals surface area contributed by atoms with Crippen LogP contribution in [0, 0.1) is 22.5 Å². The van der Waals surface area contributed by atoms with Crippen molar-refractivity contribution in [3.63, 3.8) is 0 Å². The van der Waals surface area contributed by atoms with Crippen LogP contribution in [0.4, 0.5) is 24.7 Å². The number of phenols is 1. The summed E-state index contributed by atoms with van der Waals surface area (Å²) in [7, 11) is 0. The summed E-state index contributed by atoms with van der Waals surface area (Å²) in [5, 5.41) is 21.4. The number of carbonyl (C=O) groups excluding carboxylic acids is 3. The lowest BCUT2D eigenvalue weighted by molar-refractivity contribution is -0.134. The molecule has 4 N–H and O–H groups in total. The zero-order valence-electron chi connectivity index (χ0n) is 41.3. The number of halogens is 3. The van der Waals surface area contributed by atoms with Crippen LogP contribution in [-0.4, -0.2) is 143 Å². The van der Waals surface area contributed by atoms with Crippen molar-refractivity contribution in [2.24, 2.45) is 10.8 Å². The van der Waals surface area contributed by atoms with Gasteiger partial charge < -0.3 is 35.2 Å². The molecule has 2 aromatic heterocycles. The Morgan fingerprint density at radius 2 is 1.66 bits per heavy atom. The van der Waals surface area contributed by atoms with Crippen LogP contribution in [0.2, 0.25) is 0 Å². The fourth-order valence-electron chi connectivity index (χ4n) is 12.9. The van der Waals surface area contributed by atoms with Gasteiger partial charge >= 0.3 is 6.01 Å². The van der Waals surface area contributed by atoms with Crippen LogP contribution >= 0.6 is 0 Å². The van der Waals surface area contributed by atoms with Gasteiger partial charge in [-0.15, -0.1) is 0 Å². The lowest BCUT2D eigenvalue weighted by atomic mass is 9.64. The van der Waals surface area contributed by atoms with Crippen LogP contribution in [0.25, 0.3) is 32.9 Å². The molecule has 2 aliphatic carbocycles. The van der Waals surface area contributed by atoms with Crippen LogP contribution in [0.5, 0.6) is 11.8 Å². The van der Waals surface area contributed by atoms with E-state index in [1.807, 2.05) is 23.1 Å². The molecule has 2 saturated carbocycles. The summed E-state index contributed by atoms with van der Waals surface area (Å²) in [5.74, 6) is -2.31. The number of nitrogens with zero attached hydrogens (tertiary/aromatic N) is 7. The molecule has 1 spiro atoms. The number of imide groups is 1. The number of hydrogen-bond donors (Lipinski definition) is 4. The number of aromatic nitrogens is 3. The smallest absolute Gasteiger partial charge is 0.319 e. The highest BCUT2D eigenvalue weighted by Gasteiger charge is 2.53. The fourth-order valence-corrected chi connectivity index (χ4v) is 12.9. The van der Waals surface area contributed by atoms with Crippen molar-refractivity contribution in [1.29, 1.82) is 0 Å². The van der Waals surface area contributed by atoms with Crippen LogP contribution in [0.15, 0.2) is 54.7 Å². The summed E-state index contributed by atoms with van der Waals surface area (Å²) >= 11 is 0. The van der Waals surface area contributed by atoms with Crippen LogP contribution in [-0.2, 0) is 16.0 Å². The van der Waals surface area contributed by atoms with E-state index in [-0.39, 0.29) is 52.2 Å². The van der Waals surface area contributed by atoms with Crippen molar-refractivity contribution >= 4 is 50.9 Å². The van der Waals surface area contributed by atoms with E-state index in [0.717, 1.165) is 94.0 Å². The van der Waals surface area contributed by atoms with Gasteiger partial charge in [0.25, 0.3) is 5.91 Å². The van der Waals surface area contributed by atoms with Crippen molar-refractivity contribution in [1.82, 2.24) is 40.7 Å². The van der Waals surface area contributed by atoms with Gasteiger partial charge in [-0.3, -0.25) is 29.6 Å². The number of benzene rings is 3. The van der Waals surface area contributed by atoms with Gasteiger partial charge in [0.15, 0.2) is 5.82 Å². The molecule has 7 fully saturated rings. The van der Waals surface area contributed by atoms with Gasteiger partial charge in [-0.05, 0) is 116 Å². The van der Waals surface area contributed by atoms with E-state index in [1.54, 1.807) is 24.4 Å². The number of nitrogens with one attached hydrogen (secondary N) is 3. The molecule has 73 heavy (non-hydrogen) atoms. The number of phenolic OH excluding ortho intramolecular Hbond substituents is 1. The highest BCUT2D eigenvalue weighted by molar-refractivity contribution is 6.04. The largest absolute Gasteiger partial charge is 0.508 e. The molecule has 2 bridgehead atoms. The molecule has 0 radical (unpaired) electrons. The van der Waals surface area contributed by atoms with Crippen LogP contribution in [0.1, 0.15) is 87.1 Å². The maximum absolute atomic E-state index is 17.2. The molecule has 12 rings (SSSR count). The van der Waals surface area contributed by atoms with Crippen molar-refractivity contribution in [2.45, 2.75) is 101 Å². The predicted octanol–water partition coefficient (Wildman–Crippen LogP) is 6.43. The minimum Gasteiger partial charge on any atom is -0.508 e. The summed E-state index contributed by atoms with van der Waals surface area (Å²) in [5.41, 5.74) is 1.08. The molecular weight excluding hydrogens is 938 g/mol. The van der Waals surface area contributed by atoms with E-state index in [4.69, 9.17) is 19.7 Å². The third kappa shape index (κ3) is 9.43. The van der Waals surface area contributed by atoms with Crippen molar-refractivity contribution < 1.29 is 37.4 Å². The highest BCUT2D eigenvalue weighted by Crippen LogP contribution is 2.53. The van der Waals surface area contributed by atoms with Gasteiger partial charge in [0, 0.05) is 107 Å². The normalized spacial score (nSPS) is 24.5. The predicted molar refractivity (Wildman–Crippen MR) is 270 cm³/mol. The zero-order chi connectivity index (χ0) is 50.2. The Labute approximate surface area is 422 Å². The van der Waals surface area contributed by atoms with E-state index in [2.05, 4.69) is 37.6 Å². The lowest BCUT2D eigenvalue weighted by Gasteiger charge is -2.55. The van der Waals surface area contributed by atoms with Gasteiger partial charge in [0.05, 0.1) is 17.6 Å². The summed E-state index contributed by atoms with van der Waals surface area (Å²) in [6.07, 6.45) is 9.58. The van der Waals surface area contributed by atoms with E-state index < -0.39 is 41.1 Å². The highest BCUT2D eigenvalue weighted by atomic mass is 19.1. The Hall–Kier alpha value is -6.11. The Morgan fingerprint density at radius 3 is 2.37 bits per heavy atom. The minimum absolute atomic E-state index is 0.0368. The first-order valence-electron chi connectivity index (χ1n) is 26.3. The molecule has 2 unspecified atom stereocenters. The number of likely N-dealkylation sites (tertiary alicyclic amines) is 1. The molecule has 18 heteroatoms. The number of alkyl halides is 1. The molecular formula is C55H63F3N10O5. The summed E-state index contributed by atoms with van der Waals surface area (Å²) in [6, 6.07) is 13.5. The SMILES string of the molecule is CCc1cccc2cc(O)cc(-c3ncc4c(N5CC6CCC(C5)N6)nc(OCC5(CN6CC7(CCC(F)(CN8CCN(c9ccc(C(=O)N[C@H]%10CCC(=O)NC%10=O)c(F)c9)CC8)CC7)C6)CC5)nc4c3F)c12. The van der Waals surface area contributed by atoms with E-state index in [0.29, 0.717) is 86.7 Å². The number of fused-ring (bicyclic) bond motifs is 4. The molecule has 7 aliphatic rings. The Bertz CT molecular complexity index is 2990. The summed E-state index contributed by atoms with van der Waals surface area (Å²) in [6.45, 7) is 9.54. The number of amides is 3. The third-order valence-corrected chi connectivity index (χ3v) is 17.2. The van der Waals surface area contributed by atoms with E-state index >= 15 is 13.2 Å². The van der Waals surface area contributed by atoms with Crippen molar-refractivity contribution in [3.8, 4) is 23.0 Å². The van der Waals surface area contributed by atoms with Gasteiger partial charge in [0.2, 0.25) is 11.8 Å². The molecule has 7 heterocycles. The van der Waals surface area contributed by atoms with Crippen molar-refractivity contribution in [3.05, 3.63) is 77.5 Å². The van der Waals surface area contributed by atoms with Gasteiger partial charge in [-0.25, -0.2) is 13.2 Å². The molecule has 384 valence electrons. The molecule has 3 atom stereocenters. The minimum atomic E-state index is -1.27. The summed E-state index contributed by atoms with van der Waals surface area (Å²) < 4.78 is 55.5. The number of piperazine rings is 2. The average Bonchev–Trinajstić information content (AvgIpc) is 4.06. The molecule has 5 aliphatic heterocycles. The maximum Gasteiger partial charge on any atom is 0.319 e. The molecule has 15 nitrogen and oxygen atoms in total. The average molecular weight is 1000 g/mol. The number of aromatic hydroxyl groups is 1. The van der Waals surface area contributed by atoms with Gasteiger partial charge in [-0.2, -0.15) is 9.97 Å².